The maximum atomic E-state index is 12.6. The van der Waals surface area contributed by atoms with Crippen molar-refractivity contribution in [3.05, 3.63) is 89.0 Å². The first-order valence-corrected chi connectivity index (χ1v) is 10.8. The summed E-state index contributed by atoms with van der Waals surface area (Å²) >= 11 is 0. The molecule has 10 heteroatoms. The van der Waals surface area contributed by atoms with E-state index in [1.54, 1.807) is 0 Å². The van der Waals surface area contributed by atoms with E-state index in [0.717, 1.165) is 34.3 Å². The van der Waals surface area contributed by atoms with Crippen molar-refractivity contribution in [1.82, 2.24) is 15.3 Å². The molecule has 7 nitrogen and oxygen atoms in total. The molecule has 6 N–H and O–H groups in total. The van der Waals surface area contributed by atoms with E-state index in [-0.39, 0.29) is 11.5 Å². The van der Waals surface area contributed by atoms with Gasteiger partial charge in [0, 0.05) is 29.7 Å². The predicted molar refractivity (Wildman–Crippen MR) is 130 cm³/mol. The molecule has 0 aliphatic carbocycles. The lowest BCUT2D eigenvalue weighted by atomic mass is 10.1. The molecular formula is C25H23F3N6O. The lowest BCUT2D eigenvalue weighted by Crippen LogP contribution is -2.25. The van der Waals surface area contributed by atoms with Crippen molar-refractivity contribution in [1.29, 1.82) is 0 Å². The summed E-state index contributed by atoms with van der Waals surface area (Å²) < 4.78 is 37.9. The molecule has 4 rings (SSSR count). The minimum Gasteiger partial charge on any atom is -0.383 e. The van der Waals surface area contributed by atoms with Gasteiger partial charge in [-0.25, -0.2) is 4.98 Å². The van der Waals surface area contributed by atoms with Gasteiger partial charge >= 0.3 is 6.18 Å². The van der Waals surface area contributed by atoms with Crippen molar-refractivity contribution in [2.45, 2.75) is 19.1 Å². The summed E-state index contributed by atoms with van der Waals surface area (Å²) in [4.78, 5) is 20.3. The van der Waals surface area contributed by atoms with Gasteiger partial charge in [-0.3, -0.25) is 4.79 Å². The molecule has 0 radical (unpaired) electrons. The third-order valence-corrected chi connectivity index (χ3v) is 5.44. The topological polar surface area (TPSA) is 119 Å². The van der Waals surface area contributed by atoms with Crippen molar-refractivity contribution < 1.29 is 18.0 Å². The Kier molecular flexibility index (Phi) is 6.72. The molecule has 0 aliphatic heterocycles. The number of fused-ring (bicyclic) bond motifs is 1. The molecule has 0 saturated heterocycles. The van der Waals surface area contributed by atoms with Crippen LogP contribution in [0.3, 0.4) is 0 Å². The molecule has 0 saturated carbocycles. The summed E-state index contributed by atoms with van der Waals surface area (Å²) in [5.41, 5.74) is 14.6. The molecule has 0 spiro atoms. The number of hydrogen-bond donors (Lipinski definition) is 4. The van der Waals surface area contributed by atoms with Gasteiger partial charge in [-0.2, -0.15) is 18.2 Å². The zero-order valence-corrected chi connectivity index (χ0v) is 18.6. The van der Waals surface area contributed by atoms with Crippen LogP contribution in [0.5, 0.6) is 0 Å². The van der Waals surface area contributed by atoms with E-state index in [1.165, 1.54) is 12.1 Å². The maximum absolute atomic E-state index is 12.6. The Hall–Kier alpha value is -4.34. The number of anilines is 3. The number of carbonyl (C=O) groups is 1. The first-order chi connectivity index (χ1) is 16.7. The molecule has 3 aromatic carbocycles. The lowest BCUT2D eigenvalue weighted by Gasteiger charge is -2.10. The average Bonchev–Trinajstić information content (AvgIpc) is 2.83. The van der Waals surface area contributed by atoms with Gasteiger partial charge in [-0.1, -0.05) is 24.3 Å². The molecule has 0 fully saturated rings. The number of alkyl halides is 3. The Morgan fingerprint density at radius 2 is 1.57 bits per heavy atom. The molecule has 0 bridgehead atoms. The SMILES string of the molecule is Nc1nc(N)c2cc(NCc3ccc(CCNC(=O)c4ccc(C(F)(F)F)cc4)cc3)ccc2n1. The number of hydrogen-bond acceptors (Lipinski definition) is 6. The second-order valence-electron chi connectivity index (χ2n) is 7.95. The van der Waals surface area contributed by atoms with Crippen LogP contribution in [-0.2, 0) is 19.1 Å². The minimum atomic E-state index is -4.43. The Morgan fingerprint density at radius 3 is 2.26 bits per heavy atom. The van der Waals surface area contributed by atoms with Crippen molar-refractivity contribution >= 4 is 34.3 Å². The highest BCUT2D eigenvalue weighted by Crippen LogP contribution is 2.29. The Morgan fingerprint density at radius 1 is 0.886 bits per heavy atom. The van der Waals surface area contributed by atoms with Crippen molar-refractivity contribution in [2.75, 3.05) is 23.3 Å². The van der Waals surface area contributed by atoms with Gasteiger partial charge in [0.1, 0.15) is 5.82 Å². The maximum Gasteiger partial charge on any atom is 0.416 e. The van der Waals surface area contributed by atoms with Crippen LogP contribution in [0.2, 0.25) is 0 Å². The summed E-state index contributed by atoms with van der Waals surface area (Å²) in [7, 11) is 0. The van der Waals surface area contributed by atoms with Gasteiger partial charge in [-0.15, -0.1) is 0 Å². The smallest absolute Gasteiger partial charge is 0.383 e. The fourth-order valence-electron chi connectivity index (χ4n) is 3.54. The van der Waals surface area contributed by atoms with Crippen LogP contribution in [0.15, 0.2) is 66.7 Å². The van der Waals surface area contributed by atoms with Crippen LogP contribution in [-0.4, -0.2) is 22.4 Å². The van der Waals surface area contributed by atoms with Crippen LogP contribution in [0.4, 0.5) is 30.6 Å². The second-order valence-corrected chi connectivity index (χ2v) is 7.95. The number of benzene rings is 3. The summed E-state index contributed by atoms with van der Waals surface area (Å²) in [6.45, 7) is 0.953. The summed E-state index contributed by atoms with van der Waals surface area (Å²) in [6, 6.07) is 17.6. The highest BCUT2D eigenvalue weighted by molar-refractivity contribution is 5.94. The lowest BCUT2D eigenvalue weighted by molar-refractivity contribution is -0.137. The van der Waals surface area contributed by atoms with Crippen LogP contribution < -0.4 is 22.1 Å². The average molecular weight is 480 g/mol. The van der Waals surface area contributed by atoms with E-state index in [0.29, 0.717) is 30.8 Å². The summed E-state index contributed by atoms with van der Waals surface area (Å²) in [5.74, 6) is 0.0459. The largest absolute Gasteiger partial charge is 0.416 e. The van der Waals surface area contributed by atoms with E-state index in [2.05, 4.69) is 20.6 Å². The fraction of sp³-hybridized carbons (Fsp3) is 0.160. The highest BCUT2D eigenvalue weighted by Gasteiger charge is 2.30. The number of rotatable bonds is 7. The first-order valence-electron chi connectivity index (χ1n) is 10.8. The number of aromatic nitrogens is 2. The number of halogens is 3. The third-order valence-electron chi connectivity index (χ3n) is 5.44. The van der Waals surface area contributed by atoms with Crippen LogP contribution in [0.25, 0.3) is 10.9 Å². The molecule has 1 aromatic heterocycles. The Bertz CT molecular complexity index is 1340. The number of nitrogen functional groups attached to an aromatic ring is 2. The summed E-state index contributed by atoms with van der Waals surface area (Å²) in [6.07, 6.45) is -3.84. The van der Waals surface area contributed by atoms with Crippen molar-refractivity contribution in [3.63, 3.8) is 0 Å². The molecule has 0 atom stereocenters. The van der Waals surface area contributed by atoms with Gasteiger partial charge in [0.25, 0.3) is 5.91 Å². The quantitative estimate of drug-likeness (QED) is 0.311. The zero-order valence-electron chi connectivity index (χ0n) is 18.6. The van der Waals surface area contributed by atoms with E-state index in [9.17, 15) is 18.0 Å². The standard InChI is InChI=1S/C25H23F3N6O/c26-25(27,28)18-7-5-17(6-8-18)23(35)31-12-11-15-1-3-16(4-2-15)14-32-19-9-10-21-20(13-19)22(29)34-24(30)33-21/h1-10,13,32H,11-12,14H2,(H,31,35)(H4,29,30,33,34). The Balaban J connectivity index is 1.27. The molecular weight excluding hydrogens is 457 g/mol. The van der Waals surface area contributed by atoms with Gasteiger partial charge in [0.05, 0.1) is 11.1 Å². The first kappa shape index (κ1) is 23.8. The third kappa shape index (κ3) is 5.97. The van der Waals surface area contributed by atoms with Gasteiger partial charge in [-0.05, 0) is 60.0 Å². The van der Waals surface area contributed by atoms with Gasteiger partial charge in [0.15, 0.2) is 0 Å². The molecule has 35 heavy (non-hydrogen) atoms. The fourth-order valence-corrected chi connectivity index (χ4v) is 3.54. The monoisotopic (exact) mass is 480 g/mol. The van der Waals surface area contributed by atoms with Crippen LogP contribution in [0.1, 0.15) is 27.0 Å². The van der Waals surface area contributed by atoms with E-state index in [4.69, 9.17) is 11.5 Å². The highest BCUT2D eigenvalue weighted by atomic mass is 19.4. The van der Waals surface area contributed by atoms with E-state index < -0.39 is 17.6 Å². The van der Waals surface area contributed by atoms with Crippen molar-refractivity contribution in [3.8, 4) is 0 Å². The molecule has 4 aromatic rings. The van der Waals surface area contributed by atoms with Crippen LogP contribution >= 0.6 is 0 Å². The number of nitrogens with two attached hydrogens (primary N) is 2. The molecule has 0 unspecified atom stereocenters. The Labute approximate surface area is 199 Å². The minimum absolute atomic E-state index is 0.134. The molecule has 180 valence electrons. The van der Waals surface area contributed by atoms with Gasteiger partial charge in [0.2, 0.25) is 5.95 Å². The second kappa shape index (κ2) is 9.88. The molecule has 1 heterocycles. The molecule has 1 amide bonds. The number of carbonyl (C=O) groups excluding carboxylic acids is 1. The van der Waals surface area contributed by atoms with Crippen molar-refractivity contribution in [2.24, 2.45) is 0 Å². The number of nitrogens with one attached hydrogen (secondary N) is 2. The zero-order chi connectivity index (χ0) is 25.0. The number of nitrogens with zero attached hydrogens (tertiary/aromatic N) is 2. The van der Waals surface area contributed by atoms with Crippen LogP contribution in [0, 0.1) is 0 Å². The molecule has 0 aliphatic rings. The van der Waals surface area contributed by atoms with E-state index in [1.807, 2.05) is 42.5 Å². The summed E-state index contributed by atoms with van der Waals surface area (Å²) in [5, 5.41) is 6.78. The van der Waals surface area contributed by atoms with E-state index >= 15 is 0 Å². The normalized spacial score (nSPS) is 11.4. The van der Waals surface area contributed by atoms with Gasteiger partial charge < -0.3 is 22.1 Å². The predicted octanol–water partition coefficient (Wildman–Crippen LogP) is 4.40. The number of amides is 1.